The molecule has 2 atom stereocenters. The molecule has 0 unspecified atom stereocenters. The van der Waals surface area contributed by atoms with E-state index >= 15 is 0 Å². The van der Waals surface area contributed by atoms with E-state index in [0.717, 1.165) is 37.0 Å². The highest BCUT2D eigenvalue weighted by atomic mass is 32.1. The van der Waals surface area contributed by atoms with Gasteiger partial charge in [0.1, 0.15) is 28.9 Å². The summed E-state index contributed by atoms with van der Waals surface area (Å²) in [6, 6.07) is 12.9. The number of carbonyl (C=O) groups excluding carboxylic acids is 2. The fraction of sp³-hybridized carbons (Fsp3) is 0.320. The molecule has 33 heavy (non-hydrogen) atoms. The third kappa shape index (κ3) is 6.16. The van der Waals surface area contributed by atoms with Crippen molar-refractivity contribution in [1.29, 1.82) is 0 Å². The first kappa shape index (κ1) is 22.9. The van der Waals surface area contributed by atoms with Gasteiger partial charge in [-0.05, 0) is 50.1 Å². The molecular weight excluding hydrogens is 441 g/mol. The van der Waals surface area contributed by atoms with Crippen molar-refractivity contribution in [2.24, 2.45) is 0 Å². The Morgan fingerprint density at radius 1 is 1.06 bits per heavy atom. The Balaban J connectivity index is 1.34. The van der Waals surface area contributed by atoms with Gasteiger partial charge in [0.15, 0.2) is 0 Å². The summed E-state index contributed by atoms with van der Waals surface area (Å²) in [5.74, 6) is -0.322. The molecule has 0 bridgehead atoms. The van der Waals surface area contributed by atoms with Crippen LogP contribution in [0.2, 0.25) is 0 Å². The molecule has 3 aromatic rings. The summed E-state index contributed by atoms with van der Waals surface area (Å²) in [6.45, 7) is 2.30. The summed E-state index contributed by atoms with van der Waals surface area (Å²) < 4.78 is 19.2. The van der Waals surface area contributed by atoms with E-state index < -0.39 is 5.82 Å². The van der Waals surface area contributed by atoms with Gasteiger partial charge < -0.3 is 15.4 Å². The lowest BCUT2D eigenvalue weighted by atomic mass is 9.90. The van der Waals surface area contributed by atoms with Crippen molar-refractivity contribution in [2.75, 3.05) is 0 Å². The van der Waals surface area contributed by atoms with Crippen LogP contribution in [0.4, 0.5) is 4.39 Å². The number of amides is 2. The molecule has 1 aromatic heterocycles. The molecule has 1 aliphatic rings. The number of hydrogen-bond acceptors (Lipinski definition) is 5. The highest BCUT2D eigenvalue weighted by Crippen LogP contribution is 2.21. The summed E-state index contributed by atoms with van der Waals surface area (Å²) in [7, 11) is 0. The number of nitrogens with zero attached hydrogens (tertiary/aromatic N) is 1. The molecule has 1 aliphatic carbocycles. The minimum absolute atomic E-state index is 0.210. The molecule has 1 fully saturated rings. The summed E-state index contributed by atoms with van der Waals surface area (Å²) in [5, 5.41) is 8.40. The summed E-state index contributed by atoms with van der Waals surface area (Å²) >= 11 is 1.37. The molecule has 0 aliphatic heterocycles. The molecule has 2 aromatic carbocycles. The quantitative estimate of drug-likeness (QED) is 0.531. The van der Waals surface area contributed by atoms with Crippen LogP contribution in [0, 0.1) is 12.7 Å². The van der Waals surface area contributed by atoms with E-state index in [9.17, 15) is 14.0 Å². The van der Waals surface area contributed by atoms with Gasteiger partial charge in [-0.25, -0.2) is 9.37 Å². The van der Waals surface area contributed by atoms with Crippen LogP contribution in [0.15, 0.2) is 53.9 Å². The number of carbonyl (C=O) groups is 2. The number of aryl methyl sites for hydroxylation is 1. The van der Waals surface area contributed by atoms with Crippen LogP contribution < -0.4 is 15.4 Å². The average molecular weight is 468 g/mol. The zero-order valence-electron chi connectivity index (χ0n) is 18.3. The van der Waals surface area contributed by atoms with Crippen molar-refractivity contribution in [3.8, 4) is 5.75 Å². The SMILES string of the molecule is Cc1ccc(OCc2nc(C(=O)N[C@H]3CCCC[C@H]3NC(=O)c3cccc(F)c3)cs2)cc1. The molecule has 6 nitrogen and oxygen atoms in total. The van der Waals surface area contributed by atoms with Crippen LogP contribution >= 0.6 is 11.3 Å². The monoisotopic (exact) mass is 467 g/mol. The third-order valence-electron chi connectivity index (χ3n) is 5.65. The van der Waals surface area contributed by atoms with Gasteiger partial charge in [0, 0.05) is 23.0 Å². The summed E-state index contributed by atoms with van der Waals surface area (Å²) in [5.41, 5.74) is 1.76. The summed E-state index contributed by atoms with van der Waals surface area (Å²) in [4.78, 5) is 29.8. The van der Waals surface area contributed by atoms with Gasteiger partial charge in [0.05, 0.1) is 0 Å². The summed E-state index contributed by atoms with van der Waals surface area (Å²) in [6.07, 6.45) is 3.42. The van der Waals surface area contributed by atoms with Crippen LogP contribution in [-0.2, 0) is 6.61 Å². The van der Waals surface area contributed by atoms with Crippen molar-refractivity contribution in [2.45, 2.75) is 51.3 Å². The smallest absolute Gasteiger partial charge is 0.271 e. The van der Waals surface area contributed by atoms with Gasteiger partial charge in [0.2, 0.25) is 0 Å². The molecule has 8 heteroatoms. The Kier molecular flexibility index (Phi) is 7.34. The fourth-order valence-corrected chi connectivity index (χ4v) is 4.55. The molecular formula is C25H26FN3O3S. The van der Waals surface area contributed by atoms with Crippen LogP contribution in [-0.4, -0.2) is 28.9 Å². The van der Waals surface area contributed by atoms with E-state index in [2.05, 4.69) is 15.6 Å². The Hall–Kier alpha value is -3.26. The largest absolute Gasteiger partial charge is 0.486 e. The average Bonchev–Trinajstić information content (AvgIpc) is 3.29. The van der Waals surface area contributed by atoms with Gasteiger partial charge in [-0.15, -0.1) is 11.3 Å². The lowest BCUT2D eigenvalue weighted by molar-refractivity contribution is 0.0860. The van der Waals surface area contributed by atoms with Gasteiger partial charge in [-0.1, -0.05) is 36.6 Å². The third-order valence-corrected chi connectivity index (χ3v) is 6.48. The van der Waals surface area contributed by atoms with Gasteiger partial charge in [0.25, 0.3) is 11.8 Å². The molecule has 2 amide bonds. The first-order valence-corrected chi connectivity index (χ1v) is 11.9. The Morgan fingerprint density at radius 2 is 1.76 bits per heavy atom. The van der Waals surface area contributed by atoms with Gasteiger partial charge in [-0.3, -0.25) is 9.59 Å². The second kappa shape index (κ2) is 10.6. The van der Waals surface area contributed by atoms with Crippen LogP contribution in [0.25, 0.3) is 0 Å². The zero-order valence-corrected chi connectivity index (χ0v) is 19.2. The van der Waals surface area contributed by atoms with Crippen molar-refractivity contribution < 1.29 is 18.7 Å². The van der Waals surface area contributed by atoms with Crippen LogP contribution in [0.1, 0.15) is 57.1 Å². The lowest BCUT2D eigenvalue weighted by Gasteiger charge is -2.32. The minimum Gasteiger partial charge on any atom is -0.486 e. The second-order valence-corrected chi connectivity index (χ2v) is 9.13. The van der Waals surface area contributed by atoms with E-state index in [0.29, 0.717) is 10.7 Å². The maximum atomic E-state index is 13.5. The highest BCUT2D eigenvalue weighted by Gasteiger charge is 2.29. The first-order valence-electron chi connectivity index (χ1n) is 11.0. The second-order valence-electron chi connectivity index (χ2n) is 8.18. The lowest BCUT2D eigenvalue weighted by Crippen LogP contribution is -2.53. The number of rotatable bonds is 7. The van der Waals surface area contributed by atoms with E-state index in [1.54, 1.807) is 11.4 Å². The molecule has 1 saturated carbocycles. The first-order chi connectivity index (χ1) is 16.0. The number of thiazole rings is 1. The van der Waals surface area contributed by atoms with E-state index in [1.807, 2.05) is 31.2 Å². The normalized spacial score (nSPS) is 17.9. The standard InChI is InChI=1S/C25H26FN3O3S/c1-16-9-11-19(12-10-16)32-14-23-27-22(15-33-23)25(31)29-21-8-3-2-7-20(21)28-24(30)17-5-4-6-18(26)13-17/h4-6,9-13,15,20-21H,2-3,7-8,14H2,1H3,(H,28,30)(H,29,31)/t20-,21+/m1/s1. The van der Waals surface area contributed by atoms with Crippen LogP contribution in [0.3, 0.4) is 0 Å². The molecule has 4 rings (SSSR count). The number of hydrogen-bond donors (Lipinski definition) is 2. The van der Waals surface area contributed by atoms with Gasteiger partial charge >= 0.3 is 0 Å². The molecule has 0 saturated heterocycles. The van der Waals surface area contributed by atoms with E-state index in [-0.39, 0.29) is 36.1 Å². The van der Waals surface area contributed by atoms with E-state index in [4.69, 9.17) is 4.74 Å². The maximum Gasteiger partial charge on any atom is 0.271 e. The topological polar surface area (TPSA) is 80.3 Å². The van der Waals surface area contributed by atoms with E-state index in [1.165, 1.54) is 29.5 Å². The maximum absolute atomic E-state index is 13.5. The molecule has 172 valence electrons. The Labute approximate surface area is 196 Å². The number of nitrogens with one attached hydrogen (secondary N) is 2. The van der Waals surface area contributed by atoms with Crippen LogP contribution in [0.5, 0.6) is 5.75 Å². The number of ether oxygens (including phenoxy) is 1. The molecule has 0 radical (unpaired) electrons. The number of aromatic nitrogens is 1. The fourth-order valence-electron chi connectivity index (χ4n) is 3.86. The highest BCUT2D eigenvalue weighted by molar-refractivity contribution is 7.09. The number of halogens is 1. The predicted octanol–water partition coefficient (Wildman–Crippen LogP) is 4.64. The Morgan fingerprint density at radius 3 is 2.45 bits per heavy atom. The molecule has 2 N–H and O–H groups in total. The molecule has 1 heterocycles. The van der Waals surface area contributed by atoms with Crippen molar-refractivity contribution >= 4 is 23.2 Å². The molecule has 0 spiro atoms. The zero-order chi connectivity index (χ0) is 23.2. The van der Waals surface area contributed by atoms with Crippen molar-refractivity contribution in [1.82, 2.24) is 15.6 Å². The van der Waals surface area contributed by atoms with Gasteiger partial charge in [-0.2, -0.15) is 0 Å². The van der Waals surface area contributed by atoms with Crippen molar-refractivity contribution in [3.05, 3.63) is 81.6 Å². The van der Waals surface area contributed by atoms with Crippen molar-refractivity contribution in [3.63, 3.8) is 0 Å². The minimum atomic E-state index is -0.457. The predicted molar refractivity (Wildman–Crippen MR) is 125 cm³/mol. The number of benzene rings is 2. The Bertz CT molecular complexity index is 1120.